The van der Waals surface area contributed by atoms with Gasteiger partial charge in [0.1, 0.15) is 5.75 Å². The van der Waals surface area contributed by atoms with E-state index in [2.05, 4.69) is 32.9 Å². The van der Waals surface area contributed by atoms with Crippen molar-refractivity contribution in [3.8, 4) is 5.75 Å². The van der Waals surface area contributed by atoms with Crippen LogP contribution in [0, 0.1) is 19.8 Å². The largest absolute Gasteiger partial charge is 0.496 e. The maximum atomic E-state index is 5.79. The summed E-state index contributed by atoms with van der Waals surface area (Å²) >= 11 is 0. The predicted octanol–water partition coefficient (Wildman–Crippen LogP) is 2.56. The Labute approximate surface area is 116 Å². The molecule has 1 unspecified atom stereocenters. The van der Waals surface area contributed by atoms with E-state index in [9.17, 15) is 0 Å². The molecule has 1 aromatic rings. The van der Waals surface area contributed by atoms with Gasteiger partial charge in [0.2, 0.25) is 0 Å². The first-order valence-electron chi connectivity index (χ1n) is 6.96. The highest BCUT2D eigenvalue weighted by molar-refractivity contribution is 5.45. The van der Waals surface area contributed by atoms with Crippen LogP contribution in [0.25, 0.3) is 0 Å². The summed E-state index contributed by atoms with van der Waals surface area (Å²) in [5, 5.41) is 0. The normalized spacial score (nSPS) is 18.8. The Kier molecular flexibility index (Phi) is 4.16. The fourth-order valence-electron chi connectivity index (χ4n) is 3.06. The monoisotopic (exact) mass is 263 g/mol. The molecule has 1 aliphatic rings. The van der Waals surface area contributed by atoms with E-state index in [1.807, 2.05) is 0 Å². The summed E-state index contributed by atoms with van der Waals surface area (Å²) in [6.07, 6.45) is 1.09. The minimum atomic E-state index is 0.153. The molecule has 1 atom stereocenters. The van der Waals surface area contributed by atoms with E-state index in [4.69, 9.17) is 15.2 Å². The van der Waals surface area contributed by atoms with Crippen molar-refractivity contribution in [2.75, 3.05) is 26.9 Å². The van der Waals surface area contributed by atoms with Crippen molar-refractivity contribution in [3.63, 3.8) is 0 Å². The second-order valence-electron chi connectivity index (χ2n) is 5.95. The zero-order valence-corrected chi connectivity index (χ0v) is 12.5. The molecule has 0 radical (unpaired) electrons. The summed E-state index contributed by atoms with van der Waals surface area (Å²) < 4.78 is 10.9. The van der Waals surface area contributed by atoms with Crippen LogP contribution in [0.15, 0.2) is 12.1 Å². The van der Waals surface area contributed by atoms with Crippen LogP contribution in [-0.4, -0.2) is 26.9 Å². The molecule has 0 bridgehead atoms. The summed E-state index contributed by atoms with van der Waals surface area (Å²) in [4.78, 5) is 0. The molecule has 2 rings (SSSR count). The van der Waals surface area contributed by atoms with Gasteiger partial charge in [-0.15, -0.1) is 0 Å². The van der Waals surface area contributed by atoms with E-state index in [1.54, 1.807) is 7.11 Å². The van der Waals surface area contributed by atoms with Crippen molar-refractivity contribution < 1.29 is 9.47 Å². The van der Waals surface area contributed by atoms with Gasteiger partial charge in [-0.25, -0.2) is 0 Å². The van der Waals surface area contributed by atoms with Gasteiger partial charge in [0, 0.05) is 5.41 Å². The summed E-state index contributed by atoms with van der Waals surface area (Å²) in [5.74, 6) is 1.48. The van der Waals surface area contributed by atoms with E-state index in [1.165, 1.54) is 16.7 Å². The second-order valence-corrected chi connectivity index (χ2v) is 5.95. The van der Waals surface area contributed by atoms with Crippen molar-refractivity contribution in [2.24, 2.45) is 11.7 Å². The summed E-state index contributed by atoms with van der Waals surface area (Å²) in [6, 6.07) is 4.40. The Morgan fingerprint density at radius 1 is 1.32 bits per heavy atom. The van der Waals surface area contributed by atoms with Gasteiger partial charge < -0.3 is 15.2 Å². The van der Waals surface area contributed by atoms with Crippen LogP contribution in [-0.2, 0) is 10.2 Å². The molecule has 0 spiro atoms. The van der Waals surface area contributed by atoms with Crippen LogP contribution in [0.4, 0.5) is 0 Å². The molecule has 1 fully saturated rings. The molecule has 1 heterocycles. The smallest absolute Gasteiger partial charge is 0.122 e. The third-order valence-electron chi connectivity index (χ3n) is 4.21. The Hall–Kier alpha value is -1.06. The molecule has 0 aliphatic carbocycles. The van der Waals surface area contributed by atoms with E-state index in [0.29, 0.717) is 5.92 Å². The van der Waals surface area contributed by atoms with Gasteiger partial charge >= 0.3 is 0 Å². The molecule has 0 saturated carbocycles. The lowest BCUT2D eigenvalue weighted by Crippen LogP contribution is -2.49. The zero-order valence-electron chi connectivity index (χ0n) is 12.5. The number of rotatable bonds is 5. The van der Waals surface area contributed by atoms with Crippen molar-refractivity contribution >= 4 is 0 Å². The van der Waals surface area contributed by atoms with Crippen molar-refractivity contribution in [3.05, 3.63) is 28.8 Å². The first-order valence-corrected chi connectivity index (χ1v) is 6.96. The van der Waals surface area contributed by atoms with Gasteiger partial charge in [-0.3, -0.25) is 0 Å². The SMILES string of the molecule is COc1cc(C)c(C2(CC(C)CN)COC2)cc1C. The molecule has 3 nitrogen and oxygen atoms in total. The standard InChI is InChI=1S/C16H25NO2/c1-11(8-17)7-16(9-19-10-16)14-5-13(3)15(18-4)6-12(14)2/h5-6,11H,7-10,17H2,1-4H3. The first kappa shape index (κ1) is 14.4. The molecular weight excluding hydrogens is 238 g/mol. The molecule has 2 N–H and O–H groups in total. The molecule has 106 valence electrons. The van der Waals surface area contributed by atoms with Crippen molar-refractivity contribution in [1.29, 1.82) is 0 Å². The average Bonchev–Trinajstić information content (AvgIpc) is 2.36. The van der Waals surface area contributed by atoms with Gasteiger partial charge in [0.25, 0.3) is 0 Å². The van der Waals surface area contributed by atoms with Crippen LogP contribution < -0.4 is 10.5 Å². The number of benzene rings is 1. The molecule has 1 aliphatic heterocycles. The van der Waals surface area contributed by atoms with Gasteiger partial charge in [0.05, 0.1) is 20.3 Å². The molecule has 19 heavy (non-hydrogen) atoms. The molecule has 1 saturated heterocycles. The molecule has 3 heteroatoms. The zero-order chi connectivity index (χ0) is 14.0. The molecular formula is C16H25NO2. The average molecular weight is 263 g/mol. The number of hydrogen-bond donors (Lipinski definition) is 1. The predicted molar refractivity (Wildman–Crippen MR) is 77.8 cm³/mol. The maximum absolute atomic E-state index is 5.79. The van der Waals surface area contributed by atoms with Crippen LogP contribution >= 0.6 is 0 Å². The Bertz CT molecular complexity index is 452. The van der Waals surface area contributed by atoms with Gasteiger partial charge in [0.15, 0.2) is 0 Å². The minimum Gasteiger partial charge on any atom is -0.496 e. The van der Waals surface area contributed by atoms with Crippen LogP contribution in [0.1, 0.15) is 30.0 Å². The quantitative estimate of drug-likeness (QED) is 0.888. The first-order chi connectivity index (χ1) is 9.02. The summed E-state index contributed by atoms with van der Waals surface area (Å²) in [7, 11) is 1.72. The van der Waals surface area contributed by atoms with E-state index in [0.717, 1.165) is 31.9 Å². The summed E-state index contributed by atoms with van der Waals surface area (Å²) in [6.45, 7) is 8.82. The Morgan fingerprint density at radius 3 is 2.47 bits per heavy atom. The third-order valence-corrected chi connectivity index (χ3v) is 4.21. The van der Waals surface area contributed by atoms with Gasteiger partial charge in [-0.05, 0) is 55.5 Å². The highest BCUT2D eigenvalue weighted by atomic mass is 16.5. The van der Waals surface area contributed by atoms with Crippen molar-refractivity contribution in [1.82, 2.24) is 0 Å². The highest BCUT2D eigenvalue weighted by Gasteiger charge is 2.42. The lowest BCUT2D eigenvalue weighted by atomic mass is 9.70. The highest BCUT2D eigenvalue weighted by Crippen LogP contribution is 2.41. The fraction of sp³-hybridized carbons (Fsp3) is 0.625. The van der Waals surface area contributed by atoms with E-state index in [-0.39, 0.29) is 5.41 Å². The minimum absolute atomic E-state index is 0.153. The lowest BCUT2D eigenvalue weighted by Gasteiger charge is -2.44. The summed E-state index contributed by atoms with van der Waals surface area (Å²) in [5.41, 5.74) is 9.82. The van der Waals surface area contributed by atoms with Crippen LogP contribution in [0.3, 0.4) is 0 Å². The maximum Gasteiger partial charge on any atom is 0.122 e. The molecule has 0 amide bonds. The van der Waals surface area contributed by atoms with E-state index < -0.39 is 0 Å². The fourth-order valence-corrected chi connectivity index (χ4v) is 3.06. The molecule has 1 aromatic carbocycles. The number of aryl methyl sites for hydroxylation is 2. The number of hydrogen-bond acceptors (Lipinski definition) is 3. The van der Waals surface area contributed by atoms with E-state index >= 15 is 0 Å². The second kappa shape index (κ2) is 5.51. The Morgan fingerprint density at radius 2 is 2.00 bits per heavy atom. The molecule has 0 aromatic heterocycles. The number of nitrogens with two attached hydrogens (primary N) is 1. The lowest BCUT2D eigenvalue weighted by molar-refractivity contribution is -0.0705. The van der Waals surface area contributed by atoms with Gasteiger partial charge in [-0.2, -0.15) is 0 Å². The third kappa shape index (κ3) is 2.63. The number of ether oxygens (including phenoxy) is 2. The van der Waals surface area contributed by atoms with Crippen LogP contribution in [0.2, 0.25) is 0 Å². The van der Waals surface area contributed by atoms with Crippen LogP contribution in [0.5, 0.6) is 5.75 Å². The Balaban J connectivity index is 2.36. The number of methoxy groups -OCH3 is 1. The van der Waals surface area contributed by atoms with Crippen molar-refractivity contribution in [2.45, 2.75) is 32.6 Å². The van der Waals surface area contributed by atoms with Gasteiger partial charge in [-0.1, -0.05) is 13.0 Å². The topological polar surface area (TPSA) is 44.5 Å².